The Bertz CT molecular complexity index is 395. The first-order chi connectivity index (χ1) is 7.63. The fraction of sp³-hybridized carbons (Fsp3) is 0.636. The number of nitrogens with one attached hydrogen (secondary N) is 1. The maximum absolute atomic E-state index is 12.1. The average molecular weight is 222 g/mol. The van der Waals surface area contributed by atoms with Gasteiger partial charge in [0.2, 0.25) is 0 Å². The minimum absolute atomic E-state index is 0.0590. The van der Waals surface area contributed by atoms with Crippen LogP contribution in [0.2, 0.25) is 0 Å². The van der Waals surface area contributed by atoms with Crippen molar-refractivity contribution in [1.82, 2.24) is 15.1 Å². The normalized spacial score (nSPS) is 15.1. The van der Waals surface area contributed by atoms with Gasteiger partial charge in [0.05, 0.1) is 11.4 Å². The highest BCUT2D eigenvalue weighted by Gasteiger charge is 2.28. The maximum Gasteiger partial charge on any atom is 0.276 e. The molecule has 5 nitrogen and oxygen atoms in total. The molecule has 1 aliphatic carbocycles. The number of carbonyl (C=O) groups is 1. The summed E-state index contributed by atoms with van der Waals surface area (Å²) in [5, 5.41) is 6.71. The number of H-pyrrole nitrogens is 1. The van der Waals surface area contributed by atoms with Crippen LogP contribution in [-0.4, -0.2) is 34.1 Å². The number of nitrogen functional groups attached to an aromatic ring is 1. The highest BCUT2D eigenvalue weighted by molar-refractivity contribution is 5.97. The summed E-state index contributed by atoms with van der Waals surface area (Å²) in [7, 11) is 0. The van der Waals surface area contributed by atoms with Gasteiger partial charge in [0.25, 0.3) is 5.91 Å². The first-order valence-corrected chi connectivity index (χ1v) is 5.73. The summed E-state index contributed by atoms with van der Waals surface area (Å²) in [6, 6.07) is 0. The van der Waals surface area contributed by atoms with E-state index in [1.807, 2.05) is 18.7 Å². The second kappa shape index (κ2) is 4.15. The standard InChI is InChI=1S/C11H18N4O/c1-3-15(6-8-4-5-8)11(16)10-9(12)7(2)13-14-10/h8H,3-6,12H2,1-2H3,(H,13,14). The minimum atomic E-state index is -0.0590. The summed E-state index contributed by atoms with van der Waals surface area (Å²) in [4.78, 5) is 14.0. The fourth-order valence-corrected chi connectivity index (χ4v) is 1.72. The number of hydrogen-bond donors (Lipinski definition) is 2. The molecule has 0 radical (unpaired) electrons. The Labute approximate surface area is 95.0 Å². The Morgan fingerprint density at radius 2 is 2.31 bits per heavy atom. The summed E-state index contributed by atoms with van der Waals surface area (Å²) in [5.74, 6) is 0.626. The summed E-state index contributed by atoms with van der Waals surface area (Å²) in [6.07, 6.45) is 2.47. The van der Waals surface area contributed by atoms with Gasteiger partial charge in [-0.1, -0.05) is 0 Å². The number of anilines is 1. The third-order valence-electron chi connectivity index (χ3n) is 3.04. The SMILES string of the molecule is CCN(CC1CC1)C(=O)c1n[nH]c(C)c1N. The molecule has 1 heterocycles. The molecule has 5 heteroatoms. The van der Waals surface area contributed by atoms with Gasteiger partial charge in [-0.2, -0.15) is 5.10 Å². The van der Waals surface area contributed by atoms with Gasteiger partial charge < -0.3 is 10.6 Å². The molecule has 1 aromatic rings. The molecule has 1 aliphatic rings. The van der Waals surface area contributed by atoms with Crippen LogP contribution in [0.25, 0.3) is 0 Å². The molecule has 88 valence electrons. The molecular formula is C11H18N4O. The molecule has 1 aromatic heterocycles. The third kappa shape index (κ3) is 2.03. The number of aromatic amines is 1. The number of nitrogens with zero attached hydrogens (tertiary/aromatic N) is 2. The van der Waals surface area contributed by atoms with Crippen molar-refractivity contribution in [2.45, 2.75) is 26.7 Å². The van der Waals surface area contributed by atoms with Crippen LogP contribution in [0.5, 0.6) is 0 Å². The maximum atomic E-state index is 12.1. The van der Waals surface area contributed by atoms with E-state index in [1.54, 1.807) is 0 Å². The third-order valence-corrected chi connectivity index (χ3v) is 3.04. The number of aryl methyl sites for hydroxylation is 1. The lowest BCUT2D eigenvalue weighted by molar-refractivity contribution is 0.0752. The highest BCUT2D eigenvalue weighted by atomic mass is 16.2. The largest absolute Gasteiger partial charge is 0.395 e. The zero-order valence-corrected chi connectivity index (χ0v) is 9.79. The zero-order chi connectivity index (χ0) is 11.7. The number of aromatic nitrogens is 2. The predicted molar refractivity (Wildman–Crippen MR) is 62.0 cm³/mol. The van der Waals surface area contributed by atoms with Crippen molar-refractivity contribution in [3.63, 3.8) is 0 Å². The van der Waals surface area contributed by atoms with E-state index >= 15 is 0 Å². The van der Waals surface area contributed by atoms with E-state index in [1.165, 1.54) is 12.8 Å². The number of carbonyl (C=O) groups excluding carboxylic acids is 1. The predicted octanol–water partition coefficient (Wildman–Crippen LogP) is 1.17. The Morgan fingerprint density at radius 1 is 1.62 bits per heavy atom. The first-order valence-electron chi connectivity index (χ1n) is 5.73. The molecule has 0 saturated heterocycles. The van der Waals surface area contributed by atoms with Gasteiger partial charge in [0, 0.05) is 13.1 Å². The van der Waals surface area contributed by atoms with Crippen LogP contribution in [0.3, 0.4) is 0 Å². The average Bonchev–Trinajstić information content (AvgIpc) is 3.03. The van der Waals surface area contributed by atoms with Crippen LogP contribution >= 0.6 is 0 Å². The quantitative estimate of drug-likeness (QED) is 0.803. The number of hydrogen-bond acceptors (Lipinski definition) is 3. The molecule has 0 atom stereocenters. The highest BCUT2D eigenvalue weighted by Crippen LogP contribution is 2.30. The molecule has 2 rings (SSSR count). The monoisotopic (exact) mass is 222 g/mol. The van der Waals surface area contributed by atoms with Gasteiger partial charge in [0.15, 0.2) is 5.69 Å². The summed E-state index contributed by atoms with van der Waals surface area (Å²) in [5.41, 5.74) is 7.39. The van der Waals surface area contributed by atoms with Crippen molar-refractivity contribution >= 4 is 11.6 Å². The van der Waals surface area contributed by atoms with Crippen molar-refractivity contribution in [1.29, 1.82) is 0 Å². The Kier molecular flexibility index (Phi) is 2.85. The van der Waals surface area contributed by atoms with E-state index in [0.29, 0.717) is 23.8 Å². The lowest BCUT2D eigenvalue weighted by Gasteiger charge is -2.19. The van der Waals surface area contributed by atoms with E-state index in [2.05, 4.69) is 10.2 Å². The van der Waals surface area contributed by atoms with Crippen molar-refractivity contribution in [3.05, 3.63) is 11.4 Å². The first kappa shape index (κ1) is 11.0. The minimum Gasteiger partial charge on any atom is -0.395 e. The van der Waals surface area contributed by atoms with Gasteiger partial charge in [-0.15, -0.1) is 0 Å². The number of amides is 1. The molecular weight excluding hydrogens is 204 g/mol. The topological polar surface area (TPSA) is 75.0 Å². The van der Waals surface area contributed by atoms with Gasteiger partial charge >= 0.3 is 0 Å². The number of nitrogens with two attached hydrogens (primary N) is 1. The van der Waals surface area contributed by atoms with E-state index in [-0.39, 0.29) is 5.91 Å². The van der Waals surface area contributed by atoms with Crippen LogP contribution in [-0.2, 0) is 0 Å². The molecule has 0 aromatic carbocycles. The molecule has 1 saturated carbocycles. The summed E-state index contributed by atoms with van der Waals surface area (Å²) in [6.45, 7) is 5.34. The van der Waals surface area contributed by atoms with Crippen LogP contribution in [0.1, 0.15) is 35.9 Å². The van der Waals surface area contributed by atoms with Crippen LogP contribution < -0.4 is 5.73 Å². The fourth-order valence-electron chi connectivity index (χ4n) is 1.72. The van der Waals surface area contributed by atoms with E-state index in [0.717, 1.165) is 12.2 Å². The summed E-state index contributed by atoms with van der Waals surface area (Å²) >= 11 is 0. The smallest absolute Gasteiger partial charge is 0.276 e. The second-order valence-corrected chi connectivity index (χ2v) is 4.40. The lowest BCUT2D eigenvalue weighted by atomic mass is 10.2. The summed E-state index contributed by atoms with van der Waals surface area (Å²) < 4.78 is 0. The van der Waals surface area contributed by atoms with Crippen molar-refractivity contribution < 1.29 is 4.79 Å². The molecule has 0 unspecified atom stereocenters. The Hall–Kier alpha value is -1.52. The zero-order valence-electron chi connectivity index (χ0n) is 9.79. The second-order valence-electron chi connectivity index (χ2n) is 4.40. The van der Waals surface area contributed by atoms with Crippen LogP contribution in [0, 0.1) is 12.8 Å². The van der Waals surface area contributed by atoms with E-state index in [4.69, 9.17) is 5.73 Å². The molecule has 1 amide bonds. The molecule has 0 aliphatic heterocycles. The van der Waals surface area contributed by atoms with Gasteiger partial charge in [-0.3, -0.25) is 9.89 Å². The van der Waals surface area contributed by atoms with Crippen molar-refractivity contribution in [2.75, 3.05) is 18.8 Å². The van der Waals surface area contributed by atoms with E-state index < -0.39 is 0 Å². The van der Waals surface area contributed by atoms with Gasteiger partial charge in [-0.25, -0.2) is 0 Å². The Morgan fingerprint density at radius 3 is 2.75 bits per heavy atom. The molecule has 16 heavy (non-hydrogen) atoms. The van der Waals surface area contributed by atoms with Crippen LogP contribution in [0.4, 0.5) is 5.69 Å². The van der Waals surface area contributed by atoms with Crippen molar-refractivity contribution in [3.8, 4) is 0 Å². The molecule has 3 N–H and O–H groups in total. The van der Waals surface area contributed by atoms with Gasteiger partial charge in [0.1, 0.15) is 0 Å². The molecule has 0 spiro atoms. The van der Waals surface area contributed by atoms with E-state index in [9.17, 15) is 4.79 Å². The van der Waals surface area contributed by atoms with Crippen LogP contribution in [0.15, 0.2) is 0 Å². The van der Waals surface area contributed by atoms with Crippen molar-refractivity contribution in [2.24, 2.45) is 5.92 Å². The Balaban J connectivity index is 2.12. The molecule has 0 bridgehead atoms. The molecule has 1 fully saturated rings. The lowest BCUT2D eigenvalue weighted by Crippen LogP contribution is -2.33. The number of rotatable bonds is 4. The van der Waals surface area contributed by atoms with Gasteiger partial charge in [-0.05, 0) is 32.6 Å².